The van der Waals surface area contributed by atoms with Crippen molar-refractivity contribution in [1.82, 2.24) is 5.32 Å². The van der Waals surface area contributed by atoms with Crippen LogP contribution in [0.15, 0.2) is 0 Å². The van der Waals surface area contributed by atoms with E-state index in [4.69, 9.17) is 10.4 Å². The normalized spacial score (nSPS) is 11.1. The highest BCUT2D eigenvalue weighted by Gasteiger charge is 2.20. The summed E-state index contributed by atoms with van der Waals surface area (Å²) in [6.07, 6.45) is -0.115. The first kappa shape index (κ1) is 16.2. The first-order valence-corrected chi connectivity index (χ1v) is 6.20. The molecule has 0 spiro atoms. The molecular formula is C10H14N2O5S. The zero-order valence-corrected chi connectivity index (χ0v) is 10.7. The highest BCUT2D eigenvalue weighted by Crippen LogP contribution is 2.02. The molecule has 0 bridgehead atoms. The van der Waals surface area contributed by atoms with Gasteiger partial charge in [-0.25, -0.2) is 4.79 Å². The summed E-state index contributed by atoms with van der Waals surface area (Å²) in [5.41, 5.74) is 0. The van der Waals surface area contributed by atoms with Crippen molar-refractivity contribution in [2.45, 2.75) is 18.9 Å². The standard InChI is InChI=1S/C10H14N2O5S/c1-17-9(14)3-2-7(10(15)16)12-8(13)6-18-5-4-11/h7H,2-3,5-6H2,1H3,(H,12,13)(H,15,16)/t7-/m0/s1. The molecule has 8 heteroatoms. The minimum absolute atomic E-state index is 0.00949. The zero-order valence-electron chi connectivity index (χ0n) is 9.84. The summed E-state index contributed by atoms with van der Waals surface area (Å²) in [6, 6.07) is 0.727. The van der Waals surface area contributed by atoms with Gasteiger partial charge in [0.05, 0.1) is 24.7 Å². The number of thioether (sulfide) groups is 1. The van der Waals surface area contributed by atoms with Crippen molar-refractivity contribution in [3.05, 3.63) is 0 Å². The van der Waals surface area contributed by atoms with Crippen molar-refractivity contribution < 1.29 is 24.2 Å². The maximum Gasteiger partial charge on any atom is 0.326 e. The lowest BCUT2D eigenvalue weighted by Crippen LogP contribution is -2.42. The van der Waals surface area contributed by atoms with E-state index >= 15 is 0 Å². The van der Waals surface area contributed by atoms with E-state index in [1.165, 1.54) is 7.11 Å². The van der Waals surface area contributed by atoms with Crippen molar-refractivity contribution in [3.63, 3.8) is 0 Å². The quantitative estimate of drug-likeness (QED) is 0.463. The second kappa shape index (κ2) is 9.30. The summed E-state index contributed by atoms with van der Waals surface area (Å²) >= 11 is 1.09. The number of methoxy groups -OCH3 is 1. The van der Waals surface area contributed by atoms with Crippen LogP contribution in [0.2, 0.25) is 0 Å². The molecule has 0 aliphatic heterocycles. The fraction of sp³-hybridized carbons (Fsp3) is 0.600. The molecule has 18 heavy (non-hydrogen) atoms. The molecule has 0 radical (unpaired) electrons. The van der Waals surface area contributed by atoms with Gasteiger partial charge < -0.3 is 15.2 Å². The summed E-state index contributed by atoms with van der Waals surface area (Å²) in [5, 5.41) is 19.4. The Kier molecular flexibility index (Phi) is 8.39. The number of aliphatic carboxylic acids is 1. The van der Waals surface area contributed by atoms with E-state index < -0.39 is 23.9 Å². The molecule has 0 unspecified atom stereocenters. The van der Waals surface area contributed by atoms with Crippen LogP contribution < -0.4 is 5.32 Å². The summed E-state index contributed by atoms with van der Waals surface area (Å²) in [4.78, 5) is 33.0. The topological polar surface area (TPSA) is 116 Å². The minimum Gasteiger partial charge on any atom is -0.480 e. The smallest absolute Gasteiger partial charge is 0.326 e. The SMILES string of the molecule is COC(=O)CC[C@H](NC(=O)CSCC#N)C(=O)O. The van der Waals surface area contributed by atoms with Crippen LogP contribution >= 0.6 is 11.8 Å². The van der Waals surface area contributed by atoms with Gasteiger partial charge in [-0.3, -0.25) is 9.59 Å². The van der Waals surface area contributed by atoms with Crippen LogP contribution in [0.3, 0.4) is 0 Å². The number of nitrogens with one attached hydrogen (secondary N) is 1. The van der Waals surface area contributed by atoms with Crippen molar-refractivity contribution >= 4 is 29.6 Å². The second-order valence-electron chi connectivity index (χ2n) is 3.22. The van der Waals surface area contributed by atoms with E-state index in [-0.39, 0.29) is 24.3 Å². The molecule has 0 aromatic heterocycles. The zero-order chi connectivity index (χ0) is 14.0. The number of carbonyl (C=O) groups excluding carboxylic acids is 2. The highest BCUT2D eigenvalue weighted by atomic mass is 32.2. The third kappa shape index (κ3) is 7.51. The van der Waals surface area contributed by atoms with Crippen LogP contribution in [-0.2, 0) is 19.1 Å². The van der Waals surface area contributed by atoms with Gasteiger partial charge in [-0.05, 0) is 6.42 Å². The molecule has 7 nitrogen and oxygen atoms in total. The molecule has 100 valence electrons. The number of amides is 1. The average Bonchev–Trinajstić information content (AvgIpc) is 2.33. The van der Waals surface area contributed by atoms with Gasteiger partial charge >= 0.3 is 11.9 Å². The monoisotopic (exact) mass is 274 g/mol. The number of carboxylic acid groups (broad SMARTS) is 1. The van der Waals surface area contributed by atoms with Crippen LogP contribution in [0.1, 0.15) is 12.8 Å². The van der Waals surface area contributed by atoms with Crippen molar-refractivity contribution in [3.8, 4) is 6.07 Å². The molecule has 2 N–H and O–H groups in total. The van der Waals surface area contributed by atoms with Crippen LogP contribution in [-0.4, -0.2) is 47.6 Å². The van der Waals surface area contributed by atoms with Gasteiger partial charge in [0.2, 0.25) is 5.91 Å². The van der Waals surface area contributed by atoms with E-state index in [9.17, 15) is 14.4 Å². The maximum absolute atomic E-state index is 11.3. The summed E-state index contributed by atoms with van der Waals surface area (Å²) in [6.45, 7) is 0. The molecule has 0 rings (SSSR count). The number of hydrogen-bond donors (Lipinski definition) is 2. The van der Waals surface area contributed by atoms with Gasteiger partial charge in [0.15, 0.2) is 0 Å². The molecule has 0 aromatic rings. The third-order valence-electron chi connectivity index (χ3n) is 1.90. The van der Waals surface area contributed by atoms with E-state index in [1.807, 2.05) is 6.07 Å². The molecule has 0 heterocycles. The molecule has 0 fully saturated rings. The number of nitriles is 1. The molecule has 1 amide bonds. The predicted octanol–water partition coefficient (Wildman–Crippen LogP) is -0.234. The molecule has 1 atom stereocenters. The molecule has 0 aromatic carbocycles. The fourth-order valence-electron chi connectivity index (χ4n) is 1.05. The van der Waals surface area contributed by atoms with Gasteiger partial charge in [0.1, 0.15) is 6.04 Å². The molecule has 0 saturated heterocycles. The molecular weight excluding hydrogens is 260 g/mol. The number of esters is 1. The predicted molar refractivity (Wildman–Crippen MR) is 63.8 cm³/mol. The van der Waals surface area contributed by atoms with Gasteiger partial charge in [-0.15, -0.1) is 11.8 Å². The average molecular weight is 274 g/mol. The van der Waals surface area contributed by atoms with Crippen molar-refractivity contribution in [2.24, 2.45) is 0 Å². The van der Waals surface area contributed by atoms with Crippen molar-refractivity contribution in [2.75, 3.05) is 18.6 Å². The van der Waals surface area contributed by atoms with E-state index in [0.29, 0.717) is 0 Å². The van der Waals surface area contributed by atoms with E-state index in [1.54, 1.807) is 0 Å². The second-order valence-corrected chi connectivity index (χ2v) is 4.21. The first-order chi connectivity index (χ1) is 8.51. The Hall–Kier alpha value is -1.75. The Balaban J connectivity index is 4.11. The number of hydrogen-bond acceptors (Lipinski definition) is 6. The Bertz CT molecular complexity index is 353. The number of nitrogens with zero attached hydrogens (tertiary/aromatic N) is 1. The largest absolute Gasteiger partial charge is 0.480 e. The number of carboxylic acids is 1. The lowest BCUT2D eigenvalue weighted by atomic mass is 10.1. The fourth-order valence-corrected chi connectivity index (χ4v) is 1.51. The lowest BCUT2D eigenvalue weighted by molar-refractivity contribution is -0.143. The van der Waals surface area contributed by atoms with Gasteiger partial charge in [-0.2, -0.15) is 5.26 Å². The Morgan fingerprint density at radius 3 is 2.67 bits per heavy atom. The number of carbonyl (C=O) groups is 3. The Morgan fingerprint density at radius 2 is 2.17 bits per heavy atom. The molecule has 0 saturated carbocycles. The summed E-state index contributed by atoms with van der Waals surface area (Å²) in [5.74, 6) is -2.05. The van der Waals surface area contributed by atoms with Gasteiger partial charge in [-0.1, -0.05) is 0 Å². The van der Waals surface area contributed by atoms with Crippen LogP contribution in [0.25, 0.3) is 0 Å². The third-order valence-corrected chi connectivity index (χ3v) is 2.70. The maximum atomic E-state index is 11.3. The van der Waals surface area contributed by atoms with Crippen LogP contribution in [0.5, 0.6) is 0 Å². The minimum atomic E-state index is -1.21. The molecule has 0 aliphatic rings. The number of ether oxygens (including phenoxy) is 1. The van der Waals surface area contributed by atoms with Gasteiger partial charge in [0, 0.05) is 6.42 Å². The van der Waals surface area contributed by atoms with Gasteiger partial charge in [0.25, 0.3) is 0 Å². The van der Waals surface area contributed by atoms with E-state index in [0.717, 1.165) is 11.8 Å². The molecule has 0 aliphatic carbocycles. The summed E-state index contributed by atoms with van der Waals surface area (Å²) < 4.78 is 4.38. The number of rotatable bonds is 8. The lowest BCUT2D eigenvalue weighted by Gasteiger charge is -2.13. The van der Waals surface area contributed by atoms with Crippen molar-refractivity contribution in [1.29, 1.82) is 5.26 Å². The van der Waals surface area contributed by atoms with Crippen LogP contribution in [0, 0.1) is 11.3 Å². The van der Waals surface area contributed by atoms with E-state index in [2.05, 4.69) is 10.1 Å². The first-order valence-electron chi connectivity index (χ1n) is 5.05. The van der Waals surface area contributed by atoms with Crippen LogP contribution in [0.4, 0.5) is 0 Å². The Labute approximate surface area is 108 Å². The summed E-state index contributed by atoms with van der Waals surface area (Å²) in [7, 11) is 1.20. The highest BCUT2D eigenvalue weighted by molar-refractivity contribution is 8.00. The Morgan fingerprint density at radius 1 is 1.50 bits per heavy atom.